The molecule has 0 saturated heterocycles. The molecular formula is C26H23ClN2O3. The number of rotatable bonds is 6. The van der Waals surface area contributed by atoms with Crippen molar-refractivity contribution in [3.05, 3.63) is 94.6 Å². The molecule has 0 N–H and O–H groups in total. The van der Waals surface area contributed by atoms with Gasteiger partial charge in [0.1, 0.15) is 5.75 Å². The monoisotopic (exact) mass is 446 g/mol. The maximum absolute atomic E-state index is 13.4. The summed E-state index contributed by atoms with van der Waals surface area (Å²) in [4.78, 5) is 27.9. The van der Waals surface area contributed by atoms with Crippen LogP contribution in [0.4, 0.5) is 5.69 Å². The summed E-state index contributed by atoms with van der Waals surface area (Å²) in [7, 11) is 3.19. The summed E-state index contributed by atoms with van der Waals surface area (Å²) in [5.74, 6) is -0.520. The van der Waals surface area contributed by atoms with E-state index in [9.17, 15) is 9.59 Å². The van der Waals surface area contributed by atoms with Gasteiger partial charge in [0.05, 0.1) is 12.7 Å². The number of hydrogen-bond donors (Lipinski definition) is 0. The number of methoxy groups -OCH3 is 1. The summed E-state index contributed by atoms with van der Waals surface area (Å²) in [5, 5.41) is 1.36. The molecule has 1 amide bonds. The molecule has 0 aliphatic carbocycles. The summed E-state index contributed by atoms with van der Waals surface area (Å²) in [5.41, 5.74) is 3.67. The van der Waals surface area contributed by atoms with Gasteiger partial charge in [-0.25, -0.2) is 0 Å². The van der Waals surface area contributed by atoms with Crippen LogP contribution in [0.15, 0.2) is 72.8 Å². The standard InChI is InChI=1S/C26H23ClN2O3/c1-17-24(25(30)26(31)28(2)20-7-5-4-6-8-20)22-15-21(32-3)13-14-23(22)29(17)16-18-9-11-19(27)12-10-18/h4-15H,16H2,1-3H3. The highest BCUT2D eigenvalue weighted by atomic mass is 35.5. The van der Waals surface area contributed by atoms with Crippen molar-refractivity contribution in [2.45, 2.75) is 13.5 Å². The van der Waals surface area contributed by atoms with Crippen molar-refractivity contribution in [2.24, 2.45) is 0 Å². The first kappa shape index (κ1) is 21.7. The first-order chi connectivity index (χ1) is 15.4. The molecule has 0 radical (unpaired) electrons. The van der Waals surface area contributed by atoms with E-state index in [0.29, 0.717) is 34.0 Å². The van der Waals surface area contributed by atoms with E-state index in [1.54, 1.807) is 26.3 Å². The minimum Gasteiger partial charge on any atom is -0.497 e. The molecule has 0 bridgehead atoms. The van der Waals surface area contributed by atoms with Crippen molar-refractivity contribution in [3.8, 4) is 5.75 Å². The fourth-order valence-electron chi connectivity index (χ4n) is 3.88. The Morgan fingerprint density at radius 1 is 1.00 bits per heavy atom. The van der Waals surface area contributed by atoms with Gasteiger partial charge in [-0.15, -0.1) is 0 Å². The topological polar surface area (TPSA) is 51.5 Å². The van der Waals surface area contributed by atoms with Crippen molar-refractivity contribution in [1.82, 2.24) is 4.57 Å². The summed E-state index contributed by atoms with van der Waals surface area (Å²) in [6.07, 6.45) is 0. The fraction of sp³-hybridized carbons (Fsp3) is 0.154. The Hall–Kier alpha value is -3.57. The lowest BCUT2D eigenvalue weighted by molar-refractivity contribution is -0.114. The molecule has 0 aliphatic heterocycles. The maximum atomic E-state index is 13.4. The first-order valence-corrected chi connectivity index (χ1v) is 10.6. The van der Waals surface area contributed by atoms with Crippen LogP contribution >= 0.6 is 11.6 Å². The zero-order valence-electron chi connectivity index (χ0n) is 18.1. The van der Waals surface area contributed by atoms with Crippen LogP contribution in [-0.4, -0.2) is 30.4 Å². The Kier molecular flexibility index (Phi) is 6.01. The van der Waals surface area contributed by atoms with Gasteiger partial charge in [-0.1, -0.05) is 41.9 Å². The Bertz CT molecular complexity index is 1290. The molecule has 162 valence electrons. The zero-order chi connectivity index (χ0) is 22.8. The molecule has 1 aromatic heterocycles. The molecule has 4 aromatic rings. The molecule has 3 aromatic carbocycles. The van der Waals surface area contributed by atoms with Gasteiger partial charge in [-0.2, -0.15) is 0 Å². The third kappa shape index (κ3) is 3.99. The number of hydrogen-bond acceptors (Lipinski definition) is 3. The number of carbonyl (C=O) groups excluding carboxylic acids is 2. The van der Waals surface area contributed by atoms with E-state index < -0.39 is 11.7 Å². The third-order valence-corrected chi connectivity index (χ3v) is 5.91. The molecule has 0 aliphatic rings. The van der Waals surface area contributed by atoms with E-state index >= 15 is 0 Å². The Morgan fingerprint density at radius 2 is 1.69 bits per heavy atom. The van der Waals surface area contributed by atoms with E-state index in [-0.39, 0.29) is 0 Å². The van der Waals surface area contributed by atoms with Crippen LogP contribution in [0.1, 0.15) is 21.6 Å². The van der Waals surface area contributed by atoms with Gasteiger partial charge in [0, 0.05) is 40.9 Å². The molecular weight excluding hydrogens is 424 g/mol. The van der Waals surface area contributed by atoms with Crippen molar-refractivity contribution in [2.75, 3.05) is 19.1 Å². The van der Waals surface area contributed by atoms with Crippen molar-refractivity contribution in [1.29, 1.82) is 0 Å². The van der Waals surface area contributed by atoms with Crippen LogP contribution in [0.5, 0.6) is 5.75 Å². The molecule has 5 nitrogen and oxygen atoms in total. The number of fused-ring (bicyclic) bond motifs is 1. The molecule has 0 unspecified atom stereocenters. The van der Waals surface area contributed by atoms with Crippen LogP contribution in [0, 0.1) is 6.92 Å². The highest BCUT2D eigenvalue weighted by Gasteiger charge is 2.28. The summed E-state index contributed by atoms with van der Waals surface area (Å²) >= 11 is 6.03. The molecule has 32 heavy (non-hydrogen) atoms. The largest absolute Gasteiger partial charge is 0.497 e. The van der Waals surface area contributed by atoms with Crippen molar-refractivity contribution < 1.29 is 14.3 Å². The number of halogens is 1. The second kappa shape index (κ2) is 8.89. The highest BCUT2D eigenvalue weighted by molar-refractivity contribution is 6.49. The number of nitrogens with zero attached hydrogens (tertiary/aromatic N) is 2. The van der Waals surface area contributed by atoms with Crippen LogP contribution in [-0.2, 0) is 11.3 Å². The van der Waals surface area contributed by atoms with Crippen molar-refractivity contribution in [3.63, 3.8) is 0 Å². The van der Waals surface area contributed by atoms with Gasteiger partial charge in [0.25, 0.3) is 11.7 Å². The molecule has 0 spiro atoms. The predicted molar refractivity (Wildman–Crippen MR) is 128 cm³/mol. The summed E-state index contributed by atoms with van der Waals surface area (Å²) in [6, 6.07) is 22.3. The molecule has 6 heteroatoms. The third-order valence-electron chi connectivity index (χ3n) is 5.65. The average Bonchev–Trinajstić information content (AvgIpc) is 3.09. The van der Waals surface area contributed by atoms with Crippen LogP contribution in [0.3, 0.4) is 0 Å². The van der Waals surface area contributed by atoms with E-state index in [0.717, 1.165) is 16.8 Å². The molecule has 1 heterocycles. The van der Waals surface area contributed by atoms with E-state index in [1.807, 2.05) is 72.2 Å². The highest BCUT2D eigenvalue weighted by Crippen LogP contribution is 2.31. The van der Waals surface area contributed by atoms with Gasteiger partial charge in [0.15, 0.2) is 0 Å². The maximum Gasteiger partial charge on any atom is 0.299 e. The number of anilines is 1. The van der Waals surface area contributed by atoms with Gasteiger partial charge in [-0.3, -0.25) is 9.59 Å². The lowest BCUT2D eigenvalue weighted by atomic mass is 10.1. The minimum absolute atomic E-state index is 0.389. The van der Waals surface area contributed by atoms with E-state index in [2.05, 4.69) is 0 Å². The second-order valence-electron chi connectivity index (χ2n) is 7.58. The summed E-state index contributed by atoms with van der Waals surface area (Å²) in [6.45, 7) is 2.41. The Morgan fingerprint density at radius 3 is 2.34 bits per heavy atom. The summed E-state index contributed by atoms with van der Waals surface area (Å²) < 4.78 is 7.43. The molecule has 0 saturated carbocycles. The SMILES string of the molecule is COc1ccc2c(c1)c(C(=O)C(=O)N(C)c1ccccc1)c(C)n2Cc1ccc(Cl)cc1. The van der Waals surface area contributed by atoms with E-state index in [4.69, 9.17) is 16.3 Å². The fourth-order valence-corrected chi connectivity index (χ4v) is 4.01. The lowest BCUT2D eigenvalue weighted by Crippen LogP contribution is -2.33. The molecule has 0 fully saturated rings. The average molecular weight is 447 g/mol. The molecule has 0 atom stereocenters. The number of likely N-dealkylation sites (N-methyl/N-ethyl adjacent to an activating group) is 1. The normalized spacial score (nSPS) is 10.9. The minimum atomic E-state index is -0.590. The van der Waals surface area contributed by atoms with Crippen LogP contribution in [0.25, 0.3) is 10.9 Å². The predicted octanol–water partition coefficient (Wildman–Crippen LogP) is 5.51. The van der Waals surface area contributed by atoms with Crippen LogP contribution in [0.2, 0.25) is 5.02 Å². The number of ether oxygens (including phenoxy) is 1. The van der Waals surface area contributed by atoms with Gasteiger partial charge >= 0.3 is 0 Å². The lowest BCUT2D eigenvalue weighted by Gasteiger charge is -2.16. The number of amides is 1. The number of ketones is 1. The Labute approximate surface area is 191 Å². The number of carbonyl (C=O) groups is 2. The van der Waals surface area contributed by atoms with Gasteiger partial charge in [0.2, 0.25) is 0 Å². The van der Waals surface area contributed by atoms with Crippen LogP contribution < -0.4 is 9.64 Å². The number of aromatic nitrogens is 1. The number of Topliss-reactive ketones (excluding diaryl/α,β-unsaturated/α-hetero) is 1. The smallest absolute Gasteiger partial charge is 0.299 e. The quantitative estimate of drug-likeness (QED) is 0.290. The second-order valence-corrected chi connectivity index (χ2v) is 8.02. The first-order valence-electron chi connectivity index (χ1n) is 10.2. The number of benzene rings is 3. The van der Waals surface area contributed by atoms with Crippen molar-refractivity contribution >= 4 is 39.9 Å². The zero-order valence-corrected chi connectivity index (χ0v) is 18.9. The Balaban J connectivity index is 1.81. The van der Waals surface area contributed by atoms with E-state index in [1.165, 1.54) is 4.90 Å². The van der Waals surface area contributed by atoms with Gasteiger partial charge < -0.3 is 14.2 Å². The number of para-hydroxylation sites is 1. The molecule has 4 rings (SSSR count). The van der Waals surface area contributed by atoms with Gasteiger partial charge in [-0.05, 0) is 55.0 Å².